The standard InChI is InChI=1S/C15H26N4/c1-11(2)18-5-7-19(8-6-18)15-14(10-16)12(3)9-13(4)17-15/h9,11H,5-8,10,16H2,1-4H3. The Labute approximate surface area is 116 Å². The Morgan fingerprint density at radius 1 is 1.21 bits per heavy atom. The number of anilines is 1. The molecule has 1 aliphatic heterocycles. The molecule has 0 saturated carbocycles. The fourth-order valence-electron chi connectivity index (χ4n) is 2.81. The molecule has 0 bridgehead atoms. The number of pyridine rings is 1. The maximum absolute atomic E-state index is 5.91. The number of rotatable bonds is 3. The molecule has 1 fully saturated rings. The molecule has 2 rings (SSSR count). The summed E-state index contributed by atoms with van der Waals surface area (Å²) in [6.45, 7) is 13.6. The molecule has 0 amide bonds. The molecule has 0 unspecified atom stereocenters. The van der Waals surface area contributed by atoms with Crippen molar-refractivity contribution in [2.75, 3.05) is 31.1 Å². The van der Waals surface area contributed by atoms with Gasteiger partial charge in [0.05, 0.1) is 0 Å². The Morgan fingerprint density at radius 2 is 1.84 bits per heavy atom. The van der Waals surface area contributed by atoms with Crippen LogP contribution in [0, 0.1) is 13.8 Å². The number of hydrogen-bond donors (Lipinski definition) is 1. The van der Waals surface area contributed by atoms with Crippen LogP contribution in [0.2, 0.25) is 0 Å². The highest BCUT2D eigenvalue weighted by atomic mass is 15.3. The Hall–Kier alpha value is -1.13. The van der Waals surface area contributed by atoms with Crippen LogP contribution in [0.5, 0.6) is 0 Å². The second-order valence-electron chi connectivity index (χ2n) is 5.70. The molecule has 19 heavy (non-hydrogen) atoms. The highest BCUT2D eigenvalue weighted by Crippen LogP contribution is 2.23. The minimum atomic E-state index is 0.568. The fraction of sp³-hybridized carbons (Fsp3) is 0.667. The van der Waals surface area contributed by atoms with Gasteiger partial charge in [-0.2, -0.15) is 0 Å². The van der Waals surface area contributed by atoms with Crippen LogP contribution in [0.3, 0.4) is 0 Å². The molecule has 4 heteroatoms. The van der Waals surface area contributed by atoms with E-state index in [1.54, 1.807) is 0 Å². The molecule has 1 aromatic rings. The molecule has 1 aliphatic rings. The van der Waals surface area contributed by atoms with Gasteiger partial charge < -0.3 is 10.6 Å². The summed E-state index contributed by atoms with van der Waals surface area (Å²) in [6, 6.07) is 2.75. The van der Waals surface area contributed by atoms with Gasteiger partial charge in [-0.05, 0) is 39.3 Å². The zero-order valence-electron chi connectivity index (χ0n) is 12.6. The quantitative estimate of drug-likeness (QED) is 0.900. The van der Waals surface area contributed by atoms with Gasteiger partial charge in [-0.25, -0.2) is 4.98 Å². The van der Waals surface area contributed by atoms with Gasteiger partial charge in [0.1, 0.15) is 5.82 Å². The minimum absolute atomic E-state index is 0.568. The first-order chi connectivity index (χ1) is 9.02. The predicted molar refractivity (Wildman–Crippen MR) is 80.5 cm³/mol. The first-order valence-corrected chi connectivity index (χ1v) is 7.19. The molecule has 0 atom stereocenters. The van der Waals surface area contributed by atoms with Crippen molar-refractivity contribution in [3.05, 3.63) is 22.9 Å². The number of aromatic nitrogens is 1. The van der Waals surface area contributed by atoms with Crippen molar-refractivity contribution in [3.8, 4) is 0 Å². The van der Waals surface area contributed by atoms with Crippen molar-refractivity contribution in [1.29, 1.82) is 0 Å². The van der Waals surface area contributed by atoms with Crippen molar-refractivity contribution in [2.24, 2.45) is 5.73 Å². The van der Waals surface area contributed by atoms with E-state index >= 15 is 0 Å². The van der Waals surface area contributed by atoms with Crippen LogP contribution in [-0.4, -0.2) is 42.1 Å². The van der Waals surface area contributed by atoms with Crippen LogP contribution in [0.15, 0.2) is 6.07 Å². The van der Waals surface area contributed by atoms with Gasteiger partial charge in [0.15, 0.2) is 0 Å². The van der Waals surface area contributed by atoms with Crippen LogP contribution in [0.1, 0.15) is 30.7 Å². The fourth-order valence-corrected chi connectivity index (χ4v) is 2.81. The van der Waals surface area contributed by atoms with E-state index in [0.29, 0.717) is 12.6 Å². The lowest BCUT2D eigenvalue weighted by Gasteiger charge is -2.38. The molecular weight excluding hydrogens is 236 g/mol. The van der Waals surface area contributed by atoms with Gasteiger partial charge >= 0.3 is 0 Å². The highest BCUT2D eigenvalue weighted by molar-refractivity contribution is 5.52. The van der Waals surface area contributed by atoms with Gasteiger partial charge in [0, 0.05) is 50.0 Å². The summed E-state index contributed by atoms with van der Waals surface area (Å²) in [7, 11) is 0. The average molecular weight is 262 g/mol. The Morgan fingerprint density at radius 3 is 2.37 bits per heavy atom. The van der Waals surface area contributed by atoms with Crippen LogP contribution in [0.4, 0.5) is 5.82 Å². The molecule has 2 N–H and O–H groups in total. The summed E-state index contributed by atoms with van der Waals surface area (Å²) >= 11 is 0. The topological polar surface area (TPSA) is 45.4 Å². The predicted octanol–water partition coefficient (Wildman–Crippen LogP) is 1.69. The third-order valence-electron chi connectivity index (χ3n) is 4.00. The van der Waals surface area contributed by atoms with Crippen molar-refractivity contribution in [1.82, 2.24) is 9.88 Å². The third-order valence-corrected chi connectivity index (χ3v) is 4.00. The first kappa shape index (κ1) is 14.3. The average Bonchev–Trinajstić information content (AvgIpc) is 2.38. The Kier molecular flexibility index (Phi) is 4.42. The highest BCUT2D eigenvalue weighted by Gasteiger charge is 2.22. The number of nitrogens with two attached hydrogens (primary N) is 1. The molecule has 0 aliphatic carbocycles. The third kappa shape index (κ3) is 3.07. The number of aryl methyl sites for hydroxylation is 2. The monoisotopic (exact) mass is 262 g/mol. The Bertz CT molecular complexity index is 434. The number of nitrogens with zero attached hydrogens (tertiary/aromatic N) is 3. The van der Waals surface area contributed by atoms with E-state index < -0.39 is 0 Å². The van der Waals surface area contributed by atoms with E-state index in [4.69, 9.17) is 10.7 Å². The zero-order valence-corrected chi connectivity index (χ0v) is 12.6. The molecule has 4 nitrogen and oxygen atoms in total. The summed E-state index contributed by atoms with van der Waals surface area (Å²) in [5.41, 5.74) is 9.44. The lowest BCUT2D eigenvalue weighted by molar-refractivity contribution is 0.209. The van der Waals surface area contributed by atoms with Gasteiger partial charge in [-0.15, -0.1) is 0 Å². The van der Waals surface area contributed by atoms with Crippen LogP contribution in [-0.2, 0) is 6.54 Å². The summed E-state index contributed by atoms with van der Waals surface area (Å²) in [5, 5.41) is 0. The van der Waals surface area contributed by atoms with E-state index in [2.05, 4.69) is 43.6 Å². The second-order valence-corrected chi connectivity index (χ2v) is 5.70. The molecule has 2 heterocycles. The molecule has 0 radical (unpaired) electrons. The van der Waals surface area contributed by atoms with Crippen molar-refractivity contribution in [2.45, 2.75) is 40.3 Å². The molecule has 106 valence electrons. The summed E-state index contributed by atoms with van der Waals surface area (Å²) in [4.78, 5) is 9.63. The second kappa shape index (κ2) is 5.88. The van der Waals surface area contributed by atoms with E-state index in [0.717, 1.165) is 37.7 Å². The first-order valence-electron chi connectivity index (χ1n) is 7.19. The normalized spacial score (nSPS) is 17.3. The van der Waals surface area contributed by atoms with Crippen molar-refractivity contribution < 1.29 is 0 Å². The smallest absolute Gasteiger partial charge is 0.133 e. The zero-order chi connectivity index (χ0) is 14.0. The largest absolute Gasteiger partial charge is 0.354 e. The molecular formula is C15H26N4. The maximum atomic E-state index is 5.91. The SMILES string of the molecule is Cc1cc(C)c(CN)c(N2CCN(C(C)C)CC2)n1. The van der Waals surface area contributed by atoms with Gasteiger partial charge in [-0.1, -0.05) is 0 Å². The molecule has 1 aromatic heterocycles. The van der Waals surface area contributed by atoms with E-state index in [1.165, 1.54) is 11.1 Å². The summed E-state index contributed by atoms with van der Waals surface area (Å²) < 4.78 is 0. The van der Waals surface area contributed by atoms with Crippen LogP contribution < -0.4 is 10.6 Å². The van der Waals surface area contributed by atoms with E-state index in [1.807, 2.05) is 0 Å². The Balaban J connectivity index is 2.19. The minimum Gasteiger partial charge on any atom is -0.354 e. The van der Waals surface area contributed by atoms with Crippen LogP contribution in [0.25, 0.3) is 0 Å². The molecule has 0 aromatic carbocycles. The van der Waals surface area contributed by atoms with E-state index in [9.17, 15) is 0 Å². The summed E-state index contributed by atoms with van der Waals surface area (Å²) in [6.07, 6.45) is 0. The van der Waals surface area contributed by atoms with Crippen LogP contribution >= 0.6 is 0 Å². The number of hydrogen-bond acceptors (Lipinski definition) is 4. The number of piperazine rings is 1. The van der Waals surface area contributed by atoms with Crippen molar-refractivity contribution >= 4 is 5.82 Å². The maximum Gasteiger partial charge on any atom is 0.133 e. The summed E-state index contributed by atoms with van der Waals surface area (Å²) in [5.74, 6) is 1.10. The van der Waals surface area contributed by atoms with Crippen molar-refractivity contribution in [3.63, 3.8) is 0 Å². The van der Waals surface area contributed by atoms with E-state index in [-0.39, 0.29) is 0 Å². The lowest BCUT2D eigenvalue weighted by Crippen LogP contribution is -2.49. The molecule has 0 spiro atoms. The lowest BCUT2D eigenvalue weighted by atomic mass is 10.1. The van der Waals surface area contributed by atoms with Gasteiger partial charge in [0.25, 0.3) is 0 Å². The van der Waals surface area contributed by atoms with Gasteiger partial charge in [-0.3, -0.25) is 4.90 Å². The molecule has 1 saturated heterocycles. The van der Waals surface area contributed by atoms with Gasteiger partial charge in [0.2, 0.25) is 0 Å².